The lowest BCUT2D eigenvalue weighted by Gasteiger charge is -2.29. The number of nitro benzene ring substituents is 2. The van der Waals surface area contributed by atoms with Crippen LogP contribution in [0.5, 0.6) is 0 Å². The van der Waals surface area contributed by atoms with Crippen LogP contribution in [-0.2, 0) is 10.9 Å². The SMILES string of the molecule is COC1N=C(N)C(F)=CN1c1c([N+](=O)[O-])cc(C(F)(F)F)c(Cl)c1[N+](=O)[O-]. The molecule has 15 heteroatoms. The molecule has 1 aliphatic heterocycles. The van der Waals surface area contributed by atoms with Gasteiger partial charge in [-0.3, -0.25) is 25.1 Å². The summed E-state index contributed by atoms with van der Waals surface area (Å²) >= 11 is 5.52. The van der Waals surface area contributed by atoms with Crippen molar-refractivity contribution in [3.63, 3.8) is 0 Å². The first-order valence-corrected chi connectivity index (χ1v) is 7.02. The van der Waals surface area contributed by atoms with Crippen molar-refractivity contribution in [2.45, 2.75) is 12.5 Å². The van der Waals surface area contributed by atoms with E-state index in [9.17, 15) is 37.8 Å². The molecule has 10 nitrogen and oxygen atoms in total. The third-order valence-electron chi connectivity index (χ3n) is 3.33. The van der Waals surface area contributed by atoms with Gasteiger partial charge in [0.05, 0.1) is 15.4 Å². The highest BCUT2D eigenvalue weighted by Crippen LogP contribution is 2.50. The number of halogens is 5. The normalized spacial score (nSPS) is 17.4. The van der Waals surface area contributed by atoms with Gasteiger partial charge < -0.3 is 10.5 Å². The second-order valence-corrected chi connectivity index (χ2v) is 5.31. The van der Waals surface area contributed by atoms with E-state index in [1.165, 1.54) is 0 Å². The highest BCUT2D eigenvalue weighted by molar-refractivity contribution is 6.34. The predicted molar refractivity (Wildman–Crippen MR) is 83.9 cm³/mol. The zero-order valence-corrected chi connectivity index (χ0v) is 13.8. The van der Waals surface area contributed by atoms with Gasteiger partial charge in [-0.15, -0.1) is 0 Å². The summed E-state index contributed by atoms with van der Waals surface area (Å²) in [7, 11) is 1.01. The average Bonchev–Trinajstić information content (AvgIpc) is 2.54. The quantitative estimate of drug-likeness (QED) is 0.454. The molecule has 0 amide bonds. The lowest BCUT2D eigenvalue weighted by molar-refractivity contribution is -0.393. The lowest BCUT2D eigenvalue weighted by Crippen LogP contribution is -2.38. The van der Waals surface area contributed by atoms with Crippen LogP contribution in [0.1, 0.15) is 5.56 Å². The van der Waals surface area contributed by atoms with Gasteiger partial charge in [-0.05, 0) is 0 Å². The number of aliphatic imine (C=N–C) groups is 1. The van der Waals surface area contributed by atoms with E-state index in [-0.39, 0.29) is 6.07 Å². The molecule has 0 bridgehead atoms. The number of ether oxygens (including phenoxy) is 1. The molecule has 0 fully saturated rings. The highest BCUT2D eigenvalue weighted by Gasteiger charge is 2.45. The summed E-state index contributed by atoms with van der Waals surface area (Å²) in [6, 6.07) is 0.00477. The van der Waals surface area contributed by atoms with Crippen molar-refractivity contribution in [2.24, 2.45) is 10.7 Å². The summed E-state index contributed by atoms with van der Waals surface area (Å²) in [4.78, 5) is 23.9. The molecule has 0 radical (unpaired) electrons. The van der Waals surface area contributed by atoms with Gasteiger partial charge in [0.15, 0.2) is 11.7 Å². The molecule has 1 aromatic carbocycles. The Morgan fingerprint density at radius 2 is 1.93 bits per heavy atom. The number of hydrogen-bond donors (Lipinski definition) is 1. The van der Waals surface area contributed by atoms with Crippen LogP contribution in [-0.4, -0.2) is 29.1 Å². The summed E-state index contributed by atoms with van der Waals surface area (Å²) in [5.74, 6) is -1.93. The Balaban J connectivity index is 2.92. The molecule has 1 aliphatic rings. The molecular formula is C12H8ClF4N5O5. The number of amidine groups is 1. The molecule has 0 saturated heterocycles. The van der Waals surface area contributed by atoms with Crippen LogP contribution in [0.15, 0.2) is 23.1 Å². The number of nitrogens with zero attached hydrogens (tertiary/aromatic N) is 4. The van der Waals surface area contributed by atoms with E-state index >= 15 is 0 Å². The minimum absolute atomic E-state index is 0.00477. The fourth-order valence-electron chi connectivity index (χ4n) is 2.22. The minimum Gasteiger partial charge on any atom is -0.381 e. The van der Waals surface area contributed by atoms with Gasteiger partial charge in [-0.1, -0.05) is 11.6 Å². The van der Waals surface area contributed by atoms with Crippen molar-refractivity contribution in [2.75, 3.05) is 12.0 Å². The fraction of sp³-hybridized carbons (Fsp3) is 0.250. The first-order valence-electron chi connectivity index (χ1n) is 6.64. The highest BCUT2D eigenvalue weighted by atomic mass is 35.5. The topological polar surface area (TPSA) is 137 Å². The molecule has 1 aromatic rings. The maximum absolute atomic E-state index is 13.8. The number of hydrogen-bond acceptors (Lipinski definition) is 8. The van der Waals surface area contributed by atoms with Crippen molar-refractivity contribution in [1.29, 1.82) is 0 Å². The summed E-state index contributed by atoms with van der Waals surface area (Å²) in [5.41, 5.74) is -0.440. The van der Waals surface area contributed by atoms with Crippen molar-refractivity contribution in [1.82, 2.24) is 0 Å². The molecular weight excluding hydrogens is 406 g/mol. The Morgan fingerprint density at radius 3 is 2.37 bits per heavy atom. The van der Waals surface area contributed by atoms with E-state index in [4.69, 9.17) is 22.1 Å². The molecule has 1 unspecified atom stereocenters. The molecule has 27 heavy (non-hydrogen) atoms. The van der Waals surface area contributed by atoms with Gasteiger partial charge in [-0.25, -0.2) is 9.38 Å². The van der Waals surface area contributed by atoms with Gasteiger partial charge in [0.25, 0.3) is 0 Å². The predicted octanol–water partition coefficient (Wildman–Crippen LogP) is 3.09. The maximum atomic E-state index is 13.8. The van der Waals surface area contributed by atoms with Gasteiger partial charge >= 0.3 is 17.6 Å². The Bertz CT molecular complexity index is 888. The molecule has 2 rings (SSSR count). The van der Waals surface area contributed by atoms with Crippen molar-refractivity contribution in [3.8, 4) is 0 Å². The largest absolute Gasteiger partial charge is 0.418 e. The van der Waals surface area contributed by atoms with Gasteiger partial charge in [0.1, 0.15) is 5.02 Å². The monoisotopic (exact) mass is 413 g/mol. The maximum Gasteiger partial charge on any atom is 0.418 e. The second-order valence-electron chi connectivity index (χ2n) is 4.93. The first kappa shape index (κ1) is 20.3. The molecule has 1 atom stereocenters. The fourth-order valence-corrected chi connectivity index (χ4v) is 2.54. The standard InChI is InChI=1S/C12H8ClF4N5O5/c1-27-11-19-10(18)5(14)3-20(11)8-6(21(23)24)2-4(12(15,16)17)7(13)9(8)22(25)26/h2-3,11H,1H3,(H2,18,19). The van der Waals surface area contributed by atoms with Crippen LogP contribution in [0.3, 0.4) is 0 Å². The number of alkyl halides is 3. The van der Waals surface area contributed by atoms with E-state index in [1.54, 1.807) is 0 Å². The van der Waals surface area contributed by atoms with Gasteiger partial charge in [0.2, 0.25) is 12.0 Å². The minimum atomic E-state index is -5.22. The van der Waals surface area contributed by atoms with Crippen molar-refractivity contribution in [3.05, 3.63) is 48.9 Å². The molecule has 0 aliphatic carbocycles. The summed E-state index contributed by atoms with van der Waals surface area (Å²) < 4.78 is 57.9. The summed E-state index contributed by atoms with van der Waals surface area (Å²) in [6.07, 6.45) is -6.39. The molecule has 0 aromatic heterocycles. The summed E-state index contributed by atoms with van der Waals surface area (Å²) in [6.45, 7) is 0. The van der Waals surface area contributed by atoms with Crippen LogP contribution >= 0.6 is 11.6 Å². The Hall–Kier alpha value is -3.00. The molecule has 0 saturated carbocycles. The van der Waals surface area contributed by atoms with Crippen molar-refractivity contribution < 1.29 is 32.1 Å². The molecule has 146 valence electrons. The van der Waals surface area contributed by atoms with E-state index in [0.29, 0.717) is 11.1 Å². The Labute approximate surface area is 151 Å². The third-order valence-corrected chi connectivity index (χ3v) is 3.71. The Morgan fingerprint density at radius 1 is 1.33 bits per heavy atom. The van der Waals surface area contributed by atoms with Crippen LogP contribution in [0.25, 0.3) is 0 Å². The van der Waals surface area contributed by atoms with E-state index in [2.05, 4.69) is 4.99 Å². The van der Waals surface area contributed by atoms with Crippen molar-refractivity contribution >= 4 is 34.5 Å². The smallest absolute Gasteiger partial charge is 0.381 e. The number of nitro groups is 2. The lowest BCUT2D eigenvalue weighted by atomic mass is 10.1. The molecule has 1 heterocycles. The number of rotatable bonds is 4. The number of benzene rings is 1. The molecule has 2 N–H and O–H groups in total. The van der Waals surface area contributed by atoms with Gasteiger partial charge in [-0.2, -0.15) is 13.2 Å². The zero-order chi connectivity index (χ0) is 20.7. The Kier molecular flexibility index (Phi) is 5.23. The number of anilines is 1. The van der Waals surface area contributed by atoms with E-state index in [0.717, 1.165) is 7.11 Å². The molecule has 0 spiro atoms. The zero-order valence-electron chi connectivity index (χ0n) is 13.0. The van der Waals surface area contributed by atoms with Crippen LogP contribution in [0.2, 0.25) is 5.02 Å². The van der Waals surface area contributed by atoms with E-state index in [1.807, 2.05) is 0 Å². The van der Waals surface area contributed by atoms with Gasteiger partial charge in [0, 0.05) is 19.4 Å². The first-order chi connectivity index (χ1) is 12.4. The number of methoxy groups -OCH3 is 1. The van der Waals surface area contributed by atoms with E-state index < -0.39 is 61.7 Å². The van der Waals surface area contributed by atoms with Crippen LogP contribution < -0.4 is 10.6 Å². The summed E-state index contributed by atoms with van der Waals surface area (Å²) in [5, 5.41) is 21.3. The second kappa shape index (κ2) is 6.96. The number of nitrogens with two attached hydrogens (primary N) is 1. The average molecular weight is 414 g/mol. The van der Waals surface area contributed by atoms with Crippen LogP contribution in [0.4, 0.5) is 34.6 Å². The van der Waals surface area contributed by atoms with Crippen LogP contribution in [0, 0.1) is 20.2 Å². The third kappa shape index (κ3) is 3.61.